The molecule has 1 aromatic carbocycles. The van der Waals surface area contributed by atoms with Crippen LogP contribution in [0.3, 0.4) is 0 Å². The molecule has 19 heavy (non-hydrogen) atoms. The zero-order valence-electron chi connectivity index (χ0n) is 12.1. The molecule has 0 aliphatic carbocycles. The number of rotatable bonds is 5. The first-order valence-corrected chi connectivity index (χ1v) is 7.78. The maximum absolute atomic E-state index is 12.3. The zero-order valence-corrected chi connectivity index (χ0v) is 14.3. The highest BCUT2D eigenvalue weighted by Crippen LogP contribution is 2.18. The summed E-state index contributed by atoms with van der Waals surface area (Å²) in [6, 6.07) is 7.82. The first kappa shape index (κ1) is 16.3. The van der Waals surface area contributed by atoms with Crippen LogP contribution in [0, 0.1) is 15.4 Å². The number of carbonyl (C=O) groups excluding carboxylic acids is 1. The normalized spacial score (nSPS) is 10.9. The number of nitrogens with zero attached hydrogens (tertiary/aromatic N) is 1. The highest BCUT2D eigenvalue weighted by molar-refractivity contribution is 14.1. The number of hydrogen-bond acceptors (Lipinski definition) is 1. The zero-order chi connectivity index (χ0) is 14.4. The van der Waals surface area contributed by atoms with Gasteiger partial charge in [-0.15, -0.1) is 0 Å². The Balaban J connectivity index is 2.74. The fraction of sp³-hybridized carbons (Fsp3) is 0.533. The lowest BCUT2D eigenvalue weighted by atomic mass is 10.1. The van der Waals surface area contributed by atoms with E-state index in [-0.39, 0.29) is 6.03 Å². The van der Waals surface area contributed by atoms with Crippen molar-refractivity contribution in [1.82, 2.24) is 4.90 Å². The molecule has 0 unspecified atom stereocenters. The van der Waals surface area contributed by atoms with Crippen LogP contribution in [-0.4, -0.2) is 24.0 Å². The van der Waals surface area contributed by atoms with Crippen LogP contribution in [0.5, 0.6) is 0 Å². The van der Waals surface area contributed by atoms with Gasteiger partial charge in [0, 0.05) is 16.7 Å². The van der Waals surface area contributed by atoms with E-state index in [0.717, 1.165) is 22.3 Å². The van der Waals surface area contributed by atoms with Gasteiger partial charge in [0.15, 0.2) is 0 Å². The number of halogens is 1. The second-order valence-electron chi connectivity index (χ2n) is 5.60. The third-order valence-corrected chi connectivity index (χ3v) is 3.51. The van der Waals surface area contributed by atoms with Gasteiger partial charge < -0.3 is 10.2 Å². The maximum atomic E-state index is 12.3. The Hall–Kier alpha value is -0.780. The van der Waals surface area contributed by atoms with Gasteiger partial charge >= 0.3 is 6.03 Å². The van der Waals surface area contributed by atoms with Gasteiger partial charge in [0.05, 0.1) is 5.69 Å². The number of urea groups is 1. The molecular formula is C15H23IN2O. The first-order valence-electron chi connectivity index (χ1n) is 6.70. The average molecular weight is 374 g/mol. The predicted octanol–water partition coefficient (Wildman–Crippen LogP) is 4.44. The molecule has 0 saturated carbocycles. The number of amides is 2. The lowest BCUT2D eigenvalue weighted by molar-refractivity contribution is 0.196. The average Bonchev–Trinajstić information content (AvgIpc) is 2.30. The minimum atomic E-state index is -0.00786. The molecule has 0 saturated heterocycles. The molecule has 0 aliphatic rings. The van der Waals surface area contributed by atoms with Gasteiger partial charge in [0.1, 0.15) is 0 Å². The maximum Gasteiger partial charge on any atom is 0.321 e. The summed E-state index contributed by atoms with van der Waals surface area (Å²) in [5.74, 6) is 0.943. The van der Waals surface area contributed by atoms with Gasteiger partial charge in [0.25, 0.3) is 0 Å². The summed E-state index contributed by atoms with van der Waals surface area (Å²) in [6.07, 6.45) is 0. The largest absolute Gasteiger partial charge is 0.324 e. The Morgan fingerprint density at radius 2 is 1.68 bits per heavy atom. The molecule has 0 fully saturated rings. The highest BCUT2D eigenvalue weighted by atomic mass is 127. The summed E-state index contributed by atoms with van der Waals surface area (Å²) in [5.41, 5.74) is 0.880. The van der Waals surface area contributed by atoms with E-state index in [0.29, 0.717) is 11.8 Å². The summed E-state index contributed by atoms with van der Waals surface area (Å²) in [4.78, 5) is 14.2. The highest BCUT2D eigenvalue weighted by Gasteiger charge is 2.16. The van der Waals surface area contributed by atoms with Gasteiger partial charge in [-0.3, -0.25) is 0 Å². The van der Waals surface area contributed by atoms with Gasteiger partial charge in [-0.05, 0) is 46.6 Å². The topological polar surface area (TPSA) is 32.3 Å². The third-order valence-electron chi connectivity index (χ3n) is 2.57. The fourth-order valence-corrected chi connectivity index (χ4v) is 2.40. The van der Waals surface area contributed by atoms with E-state index < -0.39 is 0 Å². The van der Waals surface area contributed by atoms with E-state index in [1.54, 1.807) is 0 Å². The number of carbonyl (C=O) groups is 1. The molecule has 0 bridgehead atoms. The molecule has 0 radical (unpaired) electrons. The van der Waals surface area contributed by atoms with E-state index in [1.165, 1.54) is 0 Å². The van der Waals surface area contributed by atoms with Crippen LogP contribution in [0.25, 0.3) is 0 Å². The van der Waals surface area contributed by atoms with Crippen molar-refractivity contribution < 1.29 is 4.79 Å². The number of hydrogen-bond donors (Lipinski definition) is 1. The summed E-state index contributed by atoms with van der Waals surface area (Å²) >= 11 is 2.23. The lowest BCUT2D eigenvalue weighted by Gasteiger charge is -2.26. The standard InChI is InChI=1S/C15H23IN2O/c1-11(2)9-18(10-12(3)4)15(19)17-14-8-6-5-7-13(14)16/h5-8,11-12H,9-10H2,1-4H3,(H,17,19). The Morgan fingerprint density at radius 3 is 2.16 bits per heavy atom. The van der Waals surface area contributed by atoms with E-state index in [4.69, 9.17) is 0 Å². The molecule has 0 aliphatic heterocycles. The number of benzene rings is 1. The summed E-state index contributed by atoms with van der Waals surface area (Å²) in [7, 11) is 0. The molecule has 3 nitrogen and oxygen atoms in total. The van der Waals surface area contributed by atoms with Crippen LogP contribution in [0.2, 0.25) is 0 Å². The molecule has 0 aromatic heterocycles. The molecule has 106 valence electrons. The van der Waals surface area contributed by atoms with Crippen LogP contribution in [-0.2, 0) is 0 Å². The van der Waals surface area contributed by atoms with E-state index in [2.05, 4.69) is 55.6 Å². The molecule has 4 heteroatoms. The van der Waals surface area contributed by atoms with E-state index in [9.17, 15) is 4.79 Å². The number of anilines is 1. The first-order chi connectivity index (χ1) is 8.90. The van der Waals surface area contributed by atoms with Crippen molar-refractivity contribution in [3.63, 3.8) is 0 Å². The third kappa shape index (κ3) is 5.80. The molecular weight excluding hydrogens is 351 g/mol. The van der Waals surface area contributed by atoms with Gasteiger partial charge in [-0.1, -0.05) is 39.8 Å². The number of para-hydroxylation sites is 1. The molecule has 1 aromatic rings. The molecule has 0 spiro atoms. The Labute approximate surface area is 129 Å². The predicted molar refractivity (Wildman–Crippen MR) is 89.4 cm³/mol. The summed E-state index contributed by atoms with van der Waals surface area (Å²) in [5, 5.41) is 3.00. The van der Waals surface area contributed by atoms with E-state index >= 15 is 0 Å². The molecule has 0 atom stereocenters. The van der Waals surface area contributed by atoms with Gasteiger partial charge in [0.2, 0.25) is 0 Å². The van der Waals surface area contributed by atoms with Crippen LogP contribution in [0.4, 0.5) is 10.5 Å². The Kier molecular flexibility index (Phi) is 6.62. The van der Waals surface area contributed by atoms with Crippen LogP contribution >= 0.6 is 22.6 Å². The van der Waals surface area contributed by atoms with Crippen molar-refractivity contribution in [3.05, 3.63) is 27.8 Å². The second kappa shape index (κ2) is 7.72. The van der Waals surface area contributed by atoms with Crippen molar-refractivity contribution in [3.8, 4) is 0 Å². The smallest absolute Gasteiger partial charge is 0.321 e. The Bertz CT molecular complexity index is 408. The summed E-state index contributed by atoms with van der Waals surface area (Å²) in [6.45, 7) is 10.1. The van der Waals surface area contributed by atoms with Crippen molar-refractivity contribution in [2.45, 2.75) is 27.7 Å². The molecule has 1 N–H and O–H groups in total. The molecule has 2 amide bonds. The van der Waals surface area contributed by atoms with Crippen molar-refractivity contribution >= 4 is 34.3 Å². The molecule has 0 heterocycles. The van der Waals surface area contributed by atoms with Crippen LogP contribution < -0.4 is 5.32 Å². The number of nitrogens with one attached hydrogen (secondary N) is 1. The Morgan fingerprint density at radius 1 is 1.16 bits per heavy atom. The minimum absolute atomic E-state index is 0.00786. The molecule has 1 rings (SSSR count). The van der Waals surface area contributed by atoms with Crippen LogP contribution in [0.15, 0.2) is 24.3 Å². The minimum Gasteiger partial charge on any atom is -0.324 e. The summed E-state index contributed by atoms with van der Waals surface area (Å²) < 4.78 is 1.06. The van der Waals surface area contributed by atoms with Gasteiger partial charge in [-0.2, -0.15) is 0 Å². The van der Waals surface area contributed by atoms with Crippen molar-refractivity contribution in [2.75, 3.05) is 18.4 Å². The quantitative estimate of drug-likeness (QED) is 0.760. The van der Waals surface area contributed by atoms with Crippen molar-refractivity contribution in [2.24, 2.45) is 11.8 Å². The lowest BCUT2D eigenvalue weighted by Crippen LogP contribution is -2.40. The fourth-order valence-electron chi connectivity index (χ4n) is 1.88. The van der Waals surface area contributed by atoms with Crippen LogP contribution in [0.1, 0.15) is 27.7 Å². The second-order valence-corrected chi connectivity index (χ2v) is 6.76. The van der Waals surface area contributed by atoms with E-state index in [1.807, 2.05) is 29.2 Å². The van der Waals surface area contributed by atoms with Crippen molar-refractivity contribution in [1.29, 1.82) is 0 Å². The van der Waals surface area contributed by atoms with Gasteiger partial charge in [-0.25, -0.2) is 4.79 Å². The SMILES string of the molecule is CC(C)CN(CC(C)C)C(=O)Nc1ccccc1I. The monoisotopic (exact) mass is 374 g/mol.